The molecule has 0 amide bonds. The van der Waals surface area contributed by atoms with Crippen LogP contribution in [-0.2, 0) is 4.79 Å². The van der Waals surface area contributed by atoms with Crippen LogP contribution >= 0.6 is 0 Å². The van der Waals surface area contributed by atoms with E-state index in [4.69, 9.17) is 4.74 Å². The first kappa shape index (κ1) is 13.9. The normalized spacial score (nSPS) is 10.2. The Morgan fingerprint density at radius 2 is 1.70 bits per heavy atom. The van der Waals surface area contributed by atoms with Gasteiger partial charge in [0.25, 0.3) is 0 Å². The molecule has 0 heterocycles. The maximum absolute atomic E-state index is 14.0. The van der Waals surface area contributed by atoms with Crippen LogP contribution in [0.25, 0.3) is 11.1 Å². The number of benzene rings is 2. The molecule has 2 rings (SSSR count). The first-order valence-electron chi connectivity index (χ1n) is 5.91. The largest absolute Gasteiger partial charge is 0.423 e. The highest BCUT2D eigenvalue weighted by Crippen LogP contribution is 2.28. The highest BCUT2D eigenvalue weighted by atomic mass is 19.1. The molecule has 0 aliphatic heterocycles. The molecule has 20 heavy (non-hydrogen) atoms. The molecule has 4 heteroatoms. The van der Waals surface area contributed by atoms with E-state index in [1.54, 1.807) is 6.07 Å². The summed E-state index contributed by atoms with van der Waals surface area (Å²) in [5, 5.41) is 0. The van der Waals surface area contributed by atoms with Gasteiger partial charge in [-0.2, -0.15) is 0 Å². The molecule has 0 fully saturated rings. The van der Waals surface area contributed by atoms with E-state index in [1.807, 2.05) is 0 Å². The fourth-order valence-corrected chi connectivity index (χ4v) is 1.65. The molecule has 0 N–H and O–H groups in total. The van der Waals surface area contributed by atoms with Gasteiger partial charge in [-0.15, -0.1) is 0 Å². The Morgan fingerprint density at radius 1 is 1.05 bits per heavy atom. The van der Waals surface area contributed by atoms with Crippen LogP contribution in [0.2, 0.25) is 0 Å². The average Bonchev–Trinajstić information content (AvgIpc) is 2.40. The Bertz CT molecular complexity index is 678. The fourth-order valence-electron chi connectivity index (χ4n) is 1.65. The number of ether oxygens (including phenoxy) is 1. The smallest absolute Gasteiger partial charge is 0.338 e. The number of esters is 1. The maximum Gasteiger partial charge on any atom is 0.338 e. The van der Waals surface area contributed by atoms with Crippen LogP contribution in [0, 0.1) is 11.6 Å². The second-order valence-electron chi connectivity index (χ2n) is 4.29. The summed E-state index contributed by atoms with van der Waals surface area (Å²) in [7, 11) is 0. The Balaban J connectivity index is 2.34. The van der Waals surface area contributed by atoms with Gasteiger partial charge in [-0.3, -0.25) is 0 Å². The summed E-state index contributed by atoms with van der Waals surface area (Å²) in [5.74, 6) is -1.76. The number of carbonyl (C=O) groups is 1. The lowest BCUT2D eigenvalue weighted by Crippen LogP contribution is -2.08. The lowest BCUT2D eigenvalue weighted by Gasteiger charge is -2.08. The van der Waals surface area contributed by atoms with Crippen LogP contribution in [0.15, 0.2) is 54.6 Å². The second kappa shape index (κ2) is 5.65. The number of carbonyl (C=O) groups excluding carboxylic acids is 1. The average molecular weight is 274 g/mol. The molecule has 0 unspecified atom stereocenters. The van der Waals surface area contributed by atoms with Crippen LogP contribution < -0.4 is 4.74 Å². The van der Waals surface area contributed by atoms with E-state index in [0.29, 0.717) is 0 Å². The van der Waals surface area contributed by atoms with Gasteiger partial charge in [0, 0.05) is 22.8 Å². The summed E-state index contributed by atoms with van der Waals surface area (Å²) in [6.45, 7) is 4.92. The molecule has 0 atom stereocenters. The van der Waals surface area contributed by atoms with E-state index in [0.717, 1.165) is 6.07 Å². The van der Waals surface area contributed by atoms with Crippen LogP contribution in [0.1, 0.15) is 6.92 Å². The molecule has 0 saturated heterocycles. The number of hydrogen-bond acceptors (Lipinski definition) is 2. The number of rotatable bonds is 3. The SMILES string of the molecule is C=C(C)C(=O)Oc1ccc(-c2ccccc2F)c(F)c1. The van der Waals surface area contributed by atoms with Crippen molar-refractivity contribution in [2.24, 2.45) is 0 Å². The minimum atomic E-state index is -0.665. The van der Waals surface area contributed by atoms with Gasteiger partial charge in [0.1, 0.15) is 17.4 Å². The van der Waals surface area contributed by atoms with E-state index in [-0.39, 0.29) is 22.4 Å². The van der Waals surface area contributed by atoms with Gasteiger partial charge in [-0.25, -0.2) is 13.6 Å². The molecule has 2 aromatic carbocycles. The van der Waals surface area contributed by atoms with E-state index >= 15 is 0 Å². The van der Waals surface area contributed by atoms with Crippen molar-refractivity contribution >= 4 is 5.97 Å². The van der Waals surface area contributed by atoms with Crippen LogP contribution in [0.5, 0.6) is 5.75 Å². The molecular weight excluding hydrogens is 262 g/mol. The summed E-state index contributed by atoms with van der Waals surface area (Å²) in [6, 6.07) is 9.70. The van der Waals surface area contributed by atoms with Crippen molar-refractivity contribution in [1.29, 1.82) is 0 Å². The molecule has 0 bridgehead atoms. The monoisotopic (exact) mass is 274 g/mol. The second-order valence-corrected chi connectivity index (χ2v) is 4.29. The summed E-state index contributed by atoms with van der Waals surface area (Å²) < 4.78 is 32.5. The molecule has 0 aromatic heterocycles. The Hall–Kier alpha value is -2.49. The molecule has 0 aliphatic rings. The van der Waals surface area contributed by atoms with E-state index in [1.165, 1.54) is 37.3 Å². The minimum absolute atomic E-state index is 0.0515. The first-order valence-corrected chi connectivity index (χ1v) is 5.91. The van der Waals surface area contributed by atoms with Crippen LogP contribution in [-0.4, -0.2) is 5.97 Å². The topological polar surface area (TPSA) is 26.3 Å². The van der Waals surface area contributed by atoms with Gasteiger partial charge in [-0.1, -0.05) is 24.8 Å². The van der Waals surface area contributed by atoms with Crippen molar-refractivity contribution in [2.45, 2.75) is 6.92 Å². The van der Waals surface area contributed by atoms with Crippen LogP contribution in [0.4, 0.5) is 8.78 Å². The molecular formula is C16H12F2O2. The molecule has 0 aliphatic carbocycles. The summed E-state index contributed by atoms with van der Waals surface area (Å²) in [4.78, 5) is 11.3. The van der Waals surface area contributed by atoms with Gasteiger partial charge in [0.05, 0.1) is 0 Å². The number of hydrogen-bond donors (Lipinski definition) is 0. The third-order valence-electron chi connectivity index (χ3n) is 2.66. The van der Waals surface area contributed by atoms with Crippen molar-refractivity contribution < 1.29 is 18.3 Å². The lowest BCUT2D eigenvalue weighted by atomic mass is 10.0. The molecule has 102 valence electrons. The summed E-state index contributed by atoms with van der Waals surface area (Å²) >= 11 is 0. The van der Waals surface area contributed by atoms with E-state index in [9.17, 15) is 13.6 Å². The zero-order chi connectivity index (χ0) is 14.7. The predicted molar refractivity (Wildman–Crippen MR) is 72.2 cm³/mol. The molecule has 0 saturated carbocycles. The quantitative estimate of drug-likeness (QED) is 0.478. The van der Waals surface area contributed by atoms with Crippen molar-refractivity contribution in [2.75, 3.05) is 0 Å². The highest BCUT2D eigenvalue weighted by molar-refractivity contribution is 5.88. The summed E-state index contributed by atoms with van der Waals surface area (Å²) in [6.07, 6.45) is 0. The Labute approximate surface area is 115 Å². The van der Waals surface area contributed by atoms with Crippen molar-refractivity contribution in [3.05, 3.63) is 66.3 Å². The van der Waals surface area contributed by atoms with Crippen molar-refractivity contribution in [3.8, 4) is 16.9 Å². The highest BCUT2D eigenvalue weighted by Gasteiger charge is 2.12. The molecule has 2 aromatic rings. The van der Waals surface area contributed by atoms with Crippen molar-refractivity contribution in [3.63, 3.8) is 0 Å². The Morgan fingerprint density at radius 3 is 2.30 bits per heavy atom. The standard InChI is InChI=1S/C16H12F2O2/c1-10(2)16(19)20-11-7-8-13(15(18)9-11)12-5-3-4-6-14(12)17/h3-9H,1H2,2H3. The minimum Gasteiger partial charge on any atom is -0.423 e. The molecule has 2 nitrogen and oxygen atoms in total. The van der Waals surface area contributed by atoms with Crippen LogP contribution in [0.3, 0.4) is 0 Å². The maximum atomic E-state index is 14.0. The zero-order valence-electron chi connectivity index (χ0n) is 10.8. The third-order valence-corrected chi connectivity index (χ3v) is 2.66. The number of halogens is 2. The lowest BCUT2D eigenvalue weighted by molar-refractivity contribution is -0.130. The van der Waals surface area contributed by atoms with E-state index in [2.05, 4.69) is 6.58 Å². The van der Waals surface area contributed by atoms with Gasteiger partial charge >= 0.3 is 5.97 Å². The zero-order valence-corrected chi connectivity index (χ0v) is 10.8. The predicted octanol–water partition coefficient (Wildman–Crippen LogP) is 4.11. The van der Waals surface area contributed by atoms with Gasteiger partial charge in [0.15, 0.2) is 0 Å². The van der Waals surface area contributed by atoms with Gasteiger partial charge in [-0.05, 0) is 25.1 Å². The Kier molecular flexibility index (Phi) is 3.94. The van der Waals surface area contributed by atoms with Crippen molar-refractivity contribution in [1.82, 2.24) is 0 Å². The van der Waals surface area contributed by atoms with E-state index < -0.39 is 17.6 Å². The van der Waals surface area contributed by atoms with Gasteiger partial charge in [0.2, 0.25) is 0 Å². The first-order chi connectivity index (χ1) is 9.49. The third kappa shape index (κ3) is 2.91. The van der Waals surface area contributed by atoms with Gasteiger partial charge < -0.3 is 4.74 Å². The fraction of sp³-hybridized carbons (Fsp3) is 0.0625. The summed E-state index contributed by atoms with van der Waals surface area (Å²) in [5.41, 5.74) is 0.476. The molecule has 0 spiro atoms. The molecule has 0 radical (unpaired) electrons.